The summed E-state index contributed by atoms with van der Waals surface area (Å²) in [5.41, 5.74) is 0. The first-order valence-corrected chi connectivity index (χ1v) is 2.87. The van der Waals surface area contributed by atoms with Crippen molar-refractivity contribution < 1.29 is 9.13 Å². The molecule has 0 spiro atoms. The van der Waals surface area contributed by atoms with E-state index in [0.717, 1.165) is 0 Å². The molecule has 54 valence electrons. The minimum Gasteiger partial charge on any atom is -0.429 e. The molecule has 3 nitrogen and oxygen atoms in total. The maximum absolute atomic E-state index is 12.1. The van der Waals surface area contributed by atoms with Gasteiger partial charge in [0.2, 0.25) is 6.36 Å². The first-order valence-electron chi connectivity index (χ1n) is 2.87. The minimum atomic E-state index is -1.36. The van der Waals surface area contributed by atoms with Gasteiger partial charge in [-0.2, -0.15) is 0 Å². The fraction of sp³-hybridized carbons (Fsp3) is 0.333. The number of nitrogens with zero attached hydrogens (tertiary/aromatic N) is 2. The second-order valence-electron chi connectivity index (χ2n) is 1.69. The number of rotatable bonds is 2. The molecular weight excluding hydrogens is 135 g/mol. The van der Waals surface area contributed by atoms with Crippen LogP contribution in [0.1, 0.15) is 6.92 Å². The molecule has 0 saturated heterocycles. The van der Waals surface area contributed by atoms with E-state index in [2.05, 4.69) is 14.7 Å². The number of aromatic nitrogens is 2. The van der Waals surface area contributed by atoms with Gasteiger partial charge >= 0.3 is 6.01 Å². The van der Waals surface area contributed by atoms with Crippen LogP contribution in [0.2, 0.25) is 0 Å². The second-order valence-corrected chi connectivity index (χ2v) is 1.69. The summed E-state index contributed by atoms with van der Waals surface area (Å²) in [4.78, 5) is 7.29. The van der Waals surface area contributed by atoms with Gasteiger partial charge in [-0.05, 0) is 6.07 Å². The van der Waals surface area contributed by atoms with Crippen molar-refractivity contribution in [3.63, 3.8) is 0 Å². The van der Waals surface area contributed by atoms with E-state index in [4.69, 9.17) is 0 Å². The molecule has 0 N–H and O–H groups in total. The monoisotopic (exact) mass is 142 g/mol. The number of alkyl halides is 1. The topological polar surface area (TPSA) is 35.0 Å². The van der Waals surface area contributed by atoms with E-state index in [1.54, 1.807) is 6.07 Å². The van der Waals surface area contributed by atoms with Crippen molar-refractivity contribution in [2.24, 2.45) is 0 Å². The Balaban J connectivity index is 2.59. The van der Waals surface area contributed by atoms with Crippen LogP contribution in [0.15, 0.2) is 18.5 Å². The van der Waals surface area contributed by atoms with Crippen molar-refractivity contribution in [3.8, 4) is 6.01 Å². The summed E-state index contributed by atoms with van der Waals surface area (Å²) in [5.74, 6) is 0. The van der Waals surface area contributed by atoms with Gasteiger partial charge in [-0.25, -0.2) is 14.4 Å². The van der Waals surface area contributed by atoms with Crippen LogP contribution < -0.4 is 4.74 Å². The van der Waals surface area contributed by atoms with Crippen molar-refractivity contribution >= 4 is 0 Å². The highest BCUT2D eigenvalue weighted by Crippen LogP contribution is 2.01. The fourth-order valence-corrected chi connectivity index (χ4v) is 0.492. The van der Waals surface area contributed by atoms with Crippen LogP contribution >= 0.6 is 0 Å². The molecule has 0 aliphatic heterocycles. The molecule has 1 unspecified atom stereocenters. The maximum Gasteiger partial charge on any atom is 0.318 e. The first kappa shape index (κ1) is 6.92. The molecule has 0 aliphatic rings. The molecule has 0 radical (unpaired) electrons. The Morgan fingerprint density at radius 2 is 2.10 bits per heavy atom. The lowest BCUT2D eigenvalue weighted by molar-refractivity contribution is 0.0755. The van der Waals surface area contributed by atoms with E-state index in [1.807, 2.05) is 0 Å². The minimum absolute atomic E-state index is 0.0671. The van der Waals surface area contributed by atoms with Crippen LogP contribution in [0, 0.1) is 0 Å². The van der Waals surface area contributed by atoms with E-state index in [1.165, 1.54) is 19.3 Å². The SMILES string of the molecule is CC(F)Oc1ncccn1. The first-order chi connectivity index (χ1) is 4.79. The highest BCUT2D eigenvalue weighted by Gasteiger charge is 1.99. The summed E-state index contributed by atoms with van der Waals surface area (Å²) in [6.07, 6.45) is 1.62. The molecule has 4 heteroatoms. The predicted molar refractivity (Wildman–Crippen MR) is 33.2 cm³/mol. The summed E-state index contributed by atoms with van der Waals surface area (Å²) in [5, 5.41) is 0. The van der Waals surface area contributed by atoms with Crippen molar-refractivity contribution in [1.82, 2.24) is 9.97 Å². The summed E-state index contributed by atoms with van der Waals surface area (Å²) in [6.45, 7) is 1.27. The van der Waals surface area contributed by atoms with E-state index in [9.17, 15) is 4.39 Å². The largest absolute Gasteiger partial charge is 0.429 e. The van der Waals surface area contributed by atoms with Gasteiger partial charge in [-0.3, -0.25) is 0 Å². The number of hydrogen-bond acceptors (Lipinski definition) is 3. The molecule has 10 heavy (non-hydrogen) atoms. The average molecular weight is 142 g/mol. The molecule has 1 rings (SSSR count). The van der Waals surface area contributed by atoms with Gasteiger partial charge in [0.15, 0.2) is 0 Å². The molecule has 0 fully saturated rings. The second kappa shape index (κ2) is 3.10. The Bertz CT molecular complexity index is 190. The zero-order valence-corrected chi connectivity index (χ0v) is 5.49. The third-order valence-electron chi connectivity index (χ3n) is 0.810. The van der Waals surface area contributed by atoms with Gasteiger partial charge in [0, 0.05) is 19.3 Å². The Morgan fingerprint density at radius 1 is 1.50 bits per heavy atom. The van der Waals surface area contributed by atoms with E-state index >= 15 is 0 Å². The molecule has 1 aromatic rings. The van der Waals surface area contributed by atoms with Gasteiger partial charge in [0.25, 0.3) is 0 Å². The average Bonchev–Trinajstić information content (AvgIpc) is 1.88. The summed E-state index contributed by atoms with van der Waals surface area (Å²) < 4.78 is 16.6. The number of hydrogen-bond donors (Lipinski definition) is 0. The molecule has 0 saturated carbocycles. The van der Waals surface area contributed by atoms with Crippen LogP contribution in [0.25, 0.3) is 0 Å². The molecule has 0 amide bonds. The van der Waals surface area contributed by atoms with Crippen LogP contribution in [-0.4, -0.2) is 16.3 Å². The molecule has 1 heterocycles. The van der Waals surface area contributed by atoms with Crippen molar-refractivity contribution in [1.29, 1.82) is 0 Å². The van der Waals surface area contributed by atoms with E-state index < -0.39 is 6.36 Å². The van der Waals surface area contributed by atoms with Crippen LogP contribution in [0.4, 0.5) is 4.39 Å². The Labute approximate surface area is 57.9 Å². The predicted octanol–water partition coefficient (Wildman–Crippen LogP) is 1.17. The zero-order chi connectivity index (χ0) is 7.40. The quantitative estimate of drug-likeness (QED) is 0.621. The fourth-order valence-electron chi connectivity index (χ4n) is 0.492. The van der Waals surface area contributed by atoms with E-state index in [-0.39, 0.29) is 6.01 Å². The normalized spacial score (nSPS) is 12.6. The molecule has 1 aromatic heterocycles. The summed E-state index contributed by atoms with van der Waals surface area (Å²) in [6, 6.07) is 1.70. The van der Waals surface area contributed by atoms with Crippen molar-refractivity contribution in [2.75, 3.05) is 0 Å². The highest BCUT2D eigenvalue weighted by atomic mass is 19.1. The molecule has 0 aliphatic carbocycles. The number of ether oxygens (including phenoxy) is 1. The highest BCUT2D eigenvalue weighted by molar-refractivity contribution is 4.92. The number of halogens is 1. The summed E-state index contributed by atoms with van der Waals surface area (Å²) in [7, 11) is 0. The molecule has 1 atom stereocenters. The summed E-state index contributed by atoms with van der Waals surface area (Å²) >= 11 is 0. The molecular formula is C6H7FN2O. The third kappa shape index (κ3) is 1.97. The van der Waals surface area contributed by atoms with E-state index in [0.29, 0.717) is 0 Å². The van der Waals surface area contributed by atoms with Crippen LogP contribution in [0.5, 0.6) is 6.01 Å². The molecule has 0 aromatic carbocycles. The lowest BCUT2D eigenvalue weighted by Gasteiger charge is -2.01. The van der Waals surface area contributed by atoms with Gasteiger partial charge in [-0.15, -0.1) is 0 Å². The lowest BCUT2D eigenvalue weighted by atomic mass is 10.7. The zero-order valence-electron chi connectivity index (χ0n) is 5.49. The van der Waals surface area contributed by atoms with Gasteiger partial charge in [0.1, 0.15) is 0 Å². The Kier molecular flexibility index (Phi) is 2.15. The smallest absolute Gasteiger partial charge is 0.318 e. The molecule has 0 bridgehead atoms. The third-order valence-corrected chi connectivity index (χ3v) is 0.810. The van der Waals surface area contributed by atoms with Crippen LogP contribution in [0.3, 0.4) is 0 Å². The Hall–Kier alpha value is -1.19. The van der Waals surface area contributed by atoms with Gasteiger partial charge in [-0.1, -0.05) is 0 Å². The van der Waals surface area contributed by atoms with Gasteiger partial charge in [0.05, 0.1) is 0 Å². The lowest BCUT2D eigenvalue weighted by Crippen LogP contribution is -2.05. The van der Waals surface area contributed by atoms with Gasteiger partial charge < -0.3 is 4.74 Å². The standard InChI is InChI=1S/C6H7FN2O/c1-5(7)10-6-8-3-2-4-9-6/h2-5H,1H3. The Morgan fingerprint density at radius 3 is 2.60 bits per heavy atom. The van der Waals surface area contributed by atoms with Crippen molar-refractivity contribution in [3.05, 3.63) is 18.5 Å². The van der Waals surface area contributed by atoms with Crippen molar-refractivity contribution in [2.45, 2.75) is 13.3 Å². The maximum atomic E-state index is 12.1. The van der Waals surface area contributed by atoms with Crippen LogP contribution in [-0.2, 0) is 0 Å².